The Hall–Kier alpha value is -10.6. The van der Waals surface area contributed by atoms with E-state index >= 15 is 0 Å². The second-order valence-electron chi connectivity index (χ2n) is 20.7. The Morgan fingerprint density at radius 2 is 0.537 bits per heavy atom. The average Bonchev–Trinajstić information content (AvgIpc) is 4.10. The van der Waals surface area contributed by atoms with Gasteiger partial charge in [0.15, 0.2) is 0 Å². The Morgan fingerprint density at radius 3 is 0.950 bits per heavy atom. The molecule has 0 atom stereocenters. The first kappa shape index (κ1) is 46.7. The van der Waals surface area contributed by atoms with Crippen LogP contribution in [0, 0.1) is 0 Å². The normalized spacial score (nSPS) is 11.5. The van der Waals surface area contributed by atoms with Crippen LogP contribution < -0.4 is 0 Å². The van der Waals surface area contributed by atoms with E-state index in [4.69, 9.17) is 4.98 Å². The zero-order valence-corrected chi connectivity index (χ0v) is 43.8. The Bertz CT molecular complexity index is 4520. The lowest BCUT2D eigenvalue weighted by atomic mass is 9.96. The van der Waals surface area contributed by atoms with Crippen molar-refractivity contribution in [3.05, 3.63) is 309 Å². The minimum absolute atomic E-state index is 0.911. The van der Waals surface area contributed by atoms with Crippen LogP contribution in [0.25, 0.3) is 144 Å². The van der Waals surface area contributed by atoms with Crippen molar-refractivity contribution >= 4 is 43.6 Å². The van der Waals surface area contributed by atoms with E-state index in [1.165, 1.54) is 66.1 Å². The molecule has 3 heterocycles. The van der Waals surface area contributed by atoms with E-state index in [9.17, 15) is 0 Å². The Kier molecular flexibility index (Phi) is 11.5. The smallest absolute Gasteiger partial charge is 0.0715 e. The SMILES string of the molecule is c1ccc(-c2cc(-c3ccccc3)nc(-c3cccc(-c4cc(-n5c6ccc(-c7ccccc7)cc6c6cc(-c7ccccc7)ccc65)ccc4-n4c5ccc(-c6ccccc6)cc5c5cc(-c6ccccc6)ccc54)c3)c2)cc1. The molecule has 80 heavy (non-hydrogen) atoms. The molecule has 0 spiro atoms. The molecule has 15 rings (SSSR count). The zero-order chi connectivity index (χ0) is 52.9. The Morgan fingerprint density at radius 1 is 0.200 bits per heavy atom. The zero-order valence-electron chi connectivity index (χ0n) is 43.8. The second-order valence-corrected chi connectivity index (χ2v) is 20.7. The van der Waals surface area contributed by atoms with Crippen molar-refractivity contribution in [1.29, 1.82) is 0 Å². The van der Waals surface area contributed by atoms with Crippen molar-refractivity contribution in [2.75, 3.05) is 0 Å². The maximum atomic E-state index is 5.43. The first-order valence-electron chi connectivity index (χ1n) is 27.4. The predicted octanol–water partition coefficient (Wildman–Crippen LogP) is 20.6. The van der Waals surface area contributed by atoms with E-state index in [1.807, 2.05) is 0 Å². The van der Waals surface area contributed by atoms with Crippen LogP contribution in [0.4, 0.5) is 0 Å². The summed E-state index contributed by atoms with van der Waals surface area (Å²) in [6.45, 7) is 0. The van der Waals surface area contributed by atoms with E-state index in [0.29, 0.717) is 0 Å². The minimum Gasteiger partial charge on any atom is -0.309 e. The van der Waals surface area contributed by atoms with Crippen LogP contribution >= 0.6 is 0 Å². The van der Waals surface area contributed by atoms with E-state index in [1.54, 1.807) is 0 Å². The molecule has 0 unspecified atom stereocenters. The molecule has 3 heteroatoms. The van der Waals surface area contributed by atoms with Crippen molar-refractivity contribution < 1.29 is 0 Å². The molecule has 0 saturated heterocycles. The summed E-state index contributed by atoms with van der Waals surface area (Å²) in [6.07, 6.45) is 0. The van der Waals surface area contributed by atoms with Crippen LogP contribution in [-0.2, 0) is 0 Å². The second kappa shape index (κ2) is 19.8. The van der Waals surface area contributed by atoms with Crippen LogP contribution in [0.15, 0.2) is 309 Å². The molecule has 0 bridgehead atoms. The first-order chi connectivity index (χ1) is 39.6. The van der Waals surface area contributed by atoms with Crippen LogP contribution in [0.5, 0.6) is 0 Å². The van der Waals surface area contributed by atoms with Crippen molar-refractivity contribution in [2.45, 2.75) is 0 Å². The summed E-state index contributed by atoms with van der Waals surface area (Å²) >= 11 is 0. The molecule has 0 amide bonds. The van der Waals surface area contributed by atoms with Gasteiger partial charge in [-0.15, -0.1) is 0 Å². The van der Waals surface area contributed by atoms with Crippen molar-refractivity contribution in [3.8, 4) is 101 Å². The molecule has 0 aliphatic carbocycles. The maximum absolute atomic E-state index is 5.43. The summed E-state index contributed by atoms with van der Waals surface area (Å²) in [5.41, 5.74) is 24.6. The van der Waals surface area contributed by atoms with Gasteiger partial charge in [0.1, 0.15) is 0 Å². The molecule has 0 fully saturated rings. The highest BCUT2D eigenvalue weighted by atomic mass is 15.0. The fourth-order valence-electron chi connectivity index (χ4n) is 12.0. The molecule has 3 nitrogen and oxygen atoms in total. The van der Waals surface area contributed by atoms with E-state index in [-0.39, 0.29) is 0 Å². The predicted molar refractivity (Wildman–Crippen MR) is 336 cm³/mol. The van der Waals surface area contributed by atoms with Gasteiger partial charge >= 0.3 is 0 Å². The van der Waals surface area contributed by atoms with Gasteiger partial charge in [0.25, 0.3) is 0 Å². The third kappa shape index (κ3) is 8.37. The van der Waals surface area contributed by atoms with E-state index < -0.39 is 0 Å². The summed E-state index contributed by atoms with van der Waals surface area (Å²) in [7, 11) is 0. The monoisotopic (exact) mass is 1020 g/mol. The number of fused-ring (bicyclic) bond motifs is 6. The number of aromatic nitrogens is 3. The third-order valence-electron chi connectivity index (χ3n) is 15.9. The van der Waals surface area contributed by atoms with Crippen LogP contribution in [-0.4, -0.2) is 14.1 Å². The number of hydrogen-bond acceptors (Lipinski definition) is 1. The number of pyridine rings is 1. The minimum atomic E-state index is 0.911. The van der Waals surface area contributed by atoms with Gasteiger partial charge in [-0.2, -0.15) is 0 Å². The van der Waals surface area contributed by atoms with Gasteiger partial charge in [0.05, 0.1) is 39.1 Å². The summed E-state index contributed by atoms with van der Waals surface area (Å²) in [6, 6.07) is 113. The highest BCUT2D eigenvalue weighted by Crippen LogP contribution is 2.44. The number of hydrogen-bond donors (Lipinski definition) is 0. The van der Waals surface area contributed by atoms with Gasteiger partial charge in [-0.05, 0) is 146 Å². The van der Waals surface area contributed by atoms with Gasteiger partial charge in [-0.1, -0.05) is 224 Å². The summed E-state index contributed by atoms with van der Waals surface area (Å²) in [5, 5.41) is 4.81. The fourth-order valence-corrected chi connectivity index (χ4v) is 12.0. The summed E-state index contributed by atoms with van der Waals surface area (Å²) in [4.78, 5) is 5.43. The quantitative estimate of drug-likeness (QED) is 0.134. The van der Waals surface area contributed by atoms with Crippen molar-refractivity contribution in [1.82, 2.24) is 14.1 Å². The standard InChI is InChI=1S/C77H51N3/c1-7-20-52(21-8-1)58-34-39-74-67(45-58)68-46-59(53-22-9-2-10-23-53)35-40-75(68)79(74)65-38-43-73(80-76-41-36-60(54-24-11-3-12-25-54)47-69(76)70-48-61(37-42-77(70)80)55-26-13-4-14-27-55)66(51-65)62-32-19-33-63(44-62)72-50-64(56-28-15-5-16-29-56)49-71(78-72)57-30-17-6-18-31-57/h1-51H. The van der Waals surface area contributed by atoms with Crippen molar-refractivity contribution in [2.24, 2.45) is 0 Å². The van der Waals surface area contributed by atoms with E-state index in [2.05, 4.69) is 319 Å². The lowest BCUT2D eigenvalue weighted by Gasteiger charge is -2.18. The van der Waals surface area contributed by atoms with Crippen LogP contribution in [0.1, 0.15) is 0 Å². The molecular weight excluding hydrogens is 967 g/mol. The van der Waals surface area contributed by atoms with Gasteiger partial charge in [-0.25, -0.2) is 4.98 Å². The molecule has 15 aromatic rings. The van der Waals surface area contributed by atoms with E-state index in [0.717, 1.165) is 78.2 Å². The first-order valence-corrected chi connectivity index (χ1v) is 27.4. The highest BCUT2D eigenvalue weighted by Gasteiger charge is 2.22. The lowest BCUT2D eigenvalue weighted by molar-refractivity contribution is 1.15. The van der Waals surface area contributed by atoms with Crippen LogP contribution in [0.3, 0.4) is 0 Å². The van der Waals surface area contributed by atoms with Gasteiger partial charge < -0.3 is 9.13 Å². The Balaban J connectivity index is 0.990. The molecule has 3 aromatic heterocycles. The van der Waals surface area contributed by atoms with Gasteiger partial charge in [0, 0.05) is 43.9 Å². The number of rotatable bonds is 10. The van der Waals surface area contributed by atoms with Crippen LogP contribution in [0.2, 0.25) is 0 Å². The topological polar surface area (TPSA) is 22.8 Å². The molecule has 374 valence electrons. The Labute approximate surface area is 465 Å². The maximum Gasteiger partial charge on any atom is 0.0715 e. The summed E-state index contributed by atoms with van der Waals surface area (Å²) < 4.78 is 4.96. The molecule has 0 saturated carbocycles. The number of benzene rings is 12. The van der Waals surface area contributed by atoms with Gasteiger partial charge in [0.2, 0.25) is 0 Å². The lowest BCUT2D eigenvalue weighted by Crippen LogP contribution is -2.01. The largest absolute Gasteiger partial charge is 0.309 e. The fraction of sp³-hybridized carbons (Fsp3) is 0. The number of nitrogens with zero attached hydrogens (tertiary/aromatic N) is 3. The van der Waals surface area contributed by atoms with Crippen molar-refractivity contribution in [3.63, 3.8) is 0 Å². The molecule has 12 aromatic carbocycles. The molecule has 0 N–H and O–H groups in total. The molecule has 0 aliphatic rings. The third-order valence-corrected chi connectivity index (χ3v) is 15.9. The molecule has 0 aliphatic heterocycles. The average molecular weight is 1020 g/mol. The molecule has 0 radical (unpaired) electrons. The highest BCUT2D eigenvalue weighted by molar-refractivity contribution is 6.13. The molecular formula is C77H51N3. The van der Waals surface area contributed by atoms with Gasteiger partial charge in [-0.3, -0.25) is 0 Å². The summed E-state index contributed by atoms with van der Waals surface area (Å²) in [5.74, 6) is 0.